The number of rotatable bonds is 8. The van der Waals surface area contributed by atoms with Crippen molar-refractivity contribution < 1.29 is 14.0 Å². The highest BCUT2D eigenvalue weighted by Gasteiger charge is 2.39. The Labute approximate surface area is 159 Å². The number of carbonyl (C=O) groups is 2. The molecule has 0 spiro atoms. The van der Waals surface area contributed by atoms with E-state index in [0.29, 0.717) is 13.1 Å². The molecule has 2 aromatic rings. The molecule has 0 aliphatic heterocycles. The van der Waals surface area contributed by atoms with Gasteiger partial charge in [0.05, 0.1) is 19.4 Å². The molecule has 0 unspecified atom stereocenters. The number of hydrogen-bond acceptors (Lipinski definition) is 3. The lowest BCUT2D eigenvalue weighted by Crippen LogP contribution is -2.46. The Morgan fingerprint density at radius 1 is 1.15 bits per heavy atom. The molecule has 6 heteroatoms. The third kappa shape index (κ3) is 4.10. The average molecular weight is 369 g/mol. The van der Waals surface area contributed by atoms with Crippen molar-refractivity contribution in [3.8, 4) is 0 Å². The molecule has 2 amide bonds. The maximum atomic E-state index is 13.2. The molecule has 4 rings (SSSR count). The van der Waals surface area contributed by atoms with Gasteiger partial charge in [0.15, 0.2) is 0 Å². The summed E-state index contributed by atoms with van der Waals surface area (Å²) in [6.45, 7) is 1.08. The maximum Gasteiger partial charge on any atom is 0.242 e. The van der Waals surface area contributed by atoms with E-state index in [0.717, 1.165) is 43.6 Å². The number of carbonyl (C=O) groups excluding carboxylic acids is 2. The lowest BCUT2D eigenvalue weighted by Gasteiger charge is -2.33. The molecule has 2 heterocycles. The fourth-order valence-electron chi connectivity index (χ4n) is 3.59. The molecule has 0 saturated heterocycles. The Kier molecular flexibility index (Phi) is 5.05. The van der Waals surface area contributed by atoms with Crippen LogP contribution in [-0.4, -0.2) is 38.8 Å². The first kappa shape index (κ1) is 17.9. The van der Waals surface area contributed by atoms with Crippen molar-refractivity contribution >= 4 is 11.8 Å². The number of aryl methyl sites for hydroxylation is 1. The third-order valence-electron chi connectivity index (χ3n) is 5.71. The molecule has 2 saturated carbocycles. The van der Waals surface area contributed by atoms with Gasteiger partial charge >= 0.3 is 0 Å². The number of furan rings is 1. The lowest BCUT2D eigenvalue weighted by atomic mass is 9.84. The lowest BCUT2D eigenvalue weighted by molar-refractivity contribution is -0.146. The highest BCUT2D eigenvalue weighted by atomic mass is 16.3. The number of aromatic nitrogens is 1. The molecule has 144 valence electrons. The molecule has 6 nitrogen and oxygen atoms in total. The molecule has 0 N–H and O–H groups in total. The van der Waals surface area contributed by atoms with Crippen molar-refractivity contribution in [2.45, 2.75) is 51.2 Å². The van der Waals surface area contributed by atoms with Crippen molar-refractivity contribution in [2.75, 3.05) is 6.54 Å². The van der Waals surface area contributed by atoms with Gasteiger partial charge in [0.25, 0.3) is 0 Å². The van der Waals surface area contributed by atoms with Gasteiger partial charge in [0, 0.05) is 30.9 Å². The van der Waals surface area contributed by atoms with Crippen molar-refractivity contribution in [2.24, 2.45) is 13.0 Å². The fourth-order valence-corrected chi connectivity index (χ4v) is 3.59. The highest BCUT2D eigenvalue weighted by molar-refractivity contribution is 5.86. The van der Waals surface area contributed by atoms with E-state index in [1.807, 2.05) is 47.0 Å². The molecule has 2 aliphatic carbocycles. The molecule has 0 bridgehead atoms. The zero-order valence-corrected chi connectivity index (χ0v) is 15.8. The van der Waals surface area contributed by atoms with E-state index in [4.69, 9.17) is 4.42 Å². The van der Waals surface area contributed by atoms with E-state index in [9.17, 15) is 9.59 Å². The summed E-state index contributed by atoms with van der Waals surface area (Å²) in [4.78, 5) is 29.6. The second kappa shape index (κ2) is 7.62. The van der Waals surface area contributed by atoms with Gasteiger partial charge < -0.3 is 18.8 Å². The van der Waals surface area contributed by atoms with E-state index < -0.39 is 0 Å². The standard InChI is InChI=1S/C21H27N3O3/c1-22-11-3-7-18(22)13-23(14-19-8-4-12-27-19)20(25)15-24(17-9-10-17)21(26)16-5-2-6-16/h3-4,7-8,11-12,16-17H,2,5-6,9-10,13-15H2,1H3. The van der Waals surface area contributed by atoms with Gasteiger partial charge in [0.2, 0.25) is 11.8 Å². The topological polar surface area (TPSA) is 58.7 Å². The second-order valence-corrected chi connectivity index (χ2v) is 7.76. The maximum absolute atomic E-state index is 13.2. The minimum absolute atomic E-state index is 0.0211. The van der Waals surface area contributed by atoms with Gasteiger partial charge in [-0.3, -0.25) is 9.59 Å². The van der Waals surface area contributed by atoms with Crippen LogP contribution in [0.2, 0.25) is 0 Å². The van der Waals surface area contributed by atoms with Crippen molar-refractivity contribution in [3.05, 3.63) is 48.2 Å². The summed E-state index contributed by atoms with van der Waals surface area (Å²) in [5.74, 6) is 1.03. The molecule has 0 atom stereocenters. The summed E-state index contributed by atoms with van der Waals surface area (Å²) in [6, 6.07) is 7.95. The Hall–Kier alpha value is -2.50. The zero-order chi connectivity index (χ0) is 18.8. The highest BCUT2D eigenvalue weighted by Crippen LogP contribution is 2.34. The van der Waals surface area contributed by atoms with Crippen LogP contribution in [-0.2, 0) is 29.7 Å². The van der Waals surface area contributed by atoms with Gasteiger partial charge in [-0.05, 0) is 49.9 Å². The minimum atomic E-state index is -0.0211. The molecule has 0 aromatic carbocycles. The van der Waals surface area contributed by atoms with E-state index in [1.54, 1.807) is 11.2 Å². The molecule has 2 aromatic heterocycles. The molecule has 27 heavy (non-hydrogen) atoms. The molecule has 0 radical (unpaired) electrons. The summed E-state index contributed by atoms with van der Waals surface area (Å²) in [5, 5.41) is 0. The Balaban J connectivity index is 1.48. The van der Waals surface area contributed by atoms with Crippen molar-refractivity contribution in [1.82, 2.24) is 14.4 Å². The van der Waals surface area contributed by atoms with Crippen LogP contribution in [0.3, 0.4) is 0 Å². The predicted octanol–water partition coefficient (Wildman–Crippen LogP) is 2.94. The van der Waals surface area contributed by atoms with E-state index in [2.05, 4.69) is 0 Å². The zero-order valence-electron chi connectivity index (χ0n) is 15.8. The fraction of sp³-hybridized carbons (Fsp3) is 0.524. The van der Waals surface area contributed by atoms with Crippen LogP contribution in [0, 0.1) is 5.92 Å². The largest absolute Gasteiger partial charge is 0.467 e. The Morgan fingerprint density at radius 3 is 2.52 bits per heavy atom. The summed E-state index contributed by atoms with van der Waals surface area (Å²) >= 11 is 0. The van der Waals surface area contributed by atoms with E-state index >= 15 is 0 Å². The first-order chi connectivity index (χ1) is 13.1. The van der Waals surface area contributed by atoms with Crippen LogP contribution in [0.15, 0.2) is 41.1 Å². The SMILES string of the molecule is Cn1cccc1CN(Cc1ccco1)C(=O)CN(C(=O)C1CCC1)C1CC1. The number of nitrogens with zero attached hydrogens (tertiary/aromatic N) is 3. The summed E-state index contributed by atoms with van der Waals surface area (Å²) in [5.41, 5.74) is 1.05. The quantitative estimate of drug-likeness (QED) is 0.719. The van der Waals surface area contributed by atoms with E-state index in [-0.39, 0.29) is 30.3 Å². The van der Waals surface area contributed by atoms with Crippen LogP contribution >= 0.6 is 0 Å². The third-order valence-corrected chi connectivity index (χ3v) is 5.71. The van der Waals surface area contributed by atoms with Gasteiger partial charge in [-0.15, -0.1) is 0 Å². The van der Waals surface area contributed by atoms with Crippen LogP contribution in [0.25, 0.3) is 0 Å². The van der Waals surface area contributed by atoms with Crippen LogP contribution in [0.1, 0.15) is 43.6 Å². The summed E-state index contributed by atoms with van der Waals surface area (Å²) in [6.07, 6.45) is 8.69. The first-order valence-electron chi connectivity index (χ1n) is 9.82. The van der Waals surface area contributed by atoms with Crippen LogP contribution in [0.4, 0.5) is 0 Å². The smallest absolute Gasteiger partial charge is 0.242 e. The molecule has 2 aliphatic rings. The molecular weight excluding hydrogens is 342 g/mol. The number of amides is 2. The van der Waals surface area contributed by atoms with Gasteiger partial charge in [-0.2, -0.15) is 0 Å². The second-order valence-electron chi connectivity index (χ2n) is 7.76. The molecule has 2 fully saturated rings. The van der Waals surface area contributed by atoms with Crippen molar-refractivity contribution in [3.63, 3.8) is 0 Å². The first-order valence-corrected chi connectivity index (χ1v) is 9.82. The average Bonchev–Trinajstić information content (AvgIpc) is 3.16. The van der Waals surface area contributed by atoms with Crippen molar-refractivity contribution in [1.29, 1.82) is 0 Å². The predicted molar refractivity (Wildman–Crippen MR) is 100 cm³/mol. The summed E-state index contributed by atoms with van der Waals surface area (Å²) in [7, 11) is 1.97. The van der Waals surface area contributed by atoms with Crippen LogP contribution in [0.5, 0.6) is 0 Å². The summed E-state index contributed by atoms with van der Waals surface area (Å²) < 4.78 is 7.47. The van der Waals surface area contributed by atoms with Gasteiger partial charge in [-0.25, -0.2) is 0 Å². The van der Waals surface area contributed by atoms with E-state index in [1.165, 1.54) is 0 Å². The number of hydrogen-bond donors (Lipinski definition) is 0. The monoisotopic (exact) mass is 369 g/mol. The Morgan fingerprint density at radius 2 is 1.96 bits per heavy atom. The van der Waals surface area contributed by atoms with Gasteiger partial charge in [-0.1, -0.05) is 6.42 Å². The Bertz CT molecular complexity index is 787. The normalized spacial score (nSPS) is 16.8. The van der Waals surface area contributed by atoms with Gasteiger partial charge in [0.1, 0.15) is 12.3 Å². The minimum Gasteiger partial charge on any atom is -0.467 e. The molecular formula is C21H27N3O3. The van der Waals surface area contributed by atoms with Crippen LogP contribution < -0.4 is 0 Å².